The molecule has 4 aliphatic rings. The van der Waals surface area contributed by atoms with Crippen LogP contribution in [0.5, 0.6) is 5.75 Å². The smallest absolute Gasteiger partial charge is 0.494 e. The van der Waals surface area contributed by atoms with Gasteiger partial charge in [0.05, 0.1) is 51.9 Å². The zero-order valence-corrected chi connectivity index (χ0v) is 60.1. The Morgan fingerprint density at radius 1 is 0.265 bits per heavy atom. The molecule has 0 bridgehead atoms. The average molecular weight is 1300 g/mol. The number of benzene rings is 12. The highest BCUT2D eigenvalue weighted by Crippen LogP contribution is 2.48. The van der Waals surface area contributed by atoms with E-state index in [0.29, 0.717) is 7.69 Å². The van der Waals surface area contributed by atoms with Crippen LogP contribution >= 0.6 is 0 Å². The summed E-state index contributed by atoms with van der Waals surface area (Å²) < 4.78 is 52.6. The molecule has 16 rings (SSSR count). The van der Waals surface area contributed by atoms with Crippen LogP contribution < -0.4 is 10.2 Å². The van der Waals surface area contributed by atoms with Crippen LogP contribution in [0.3, 0.4) is 0 Å². The van der Waals surface area contributed by atoms with Gasteiger partial charge in [-0.3, -0.25) is 0 Å². The van der Waals surface area contributed by atoms with Gasteiger partial charge in [-0.2, -0.15) is 0 Å². The topological polar surface area (TPSA) is 83.1 Å². The molecule has 4 fully saturated rings. The summed E-state index contributed by atoms with van der Waals surface area (Å²) >= 11 is 0. The number of hydrogen-bond donors (Lipinski definition) is 0. The molecule has 9 nitrogen and oxygen atoms in total. The molecule has 13 heteroatoms. The Labute approximate surface area is 581 Å². The molecule has 12 aromatic carbocycles. The molecular formula is C85H90B4O9. The maximum atomic E-state index is 6.31. The quantitative estimate of drug-likeness (QED) is 0.114. The molecule has 0 radical (unpaired) electrons. The highest BCUT2D eigenvalue weighted by atomic mass is 16.7. The maximum Gasteiger partial charge on any atom is 0.494 e. The Hall–Kier alpha value is -8.06. The highest BCUT2D eigenvalue weighted by Gasteiger charge is 2.64. The van der Waals surface area contributed by atoms with Crippen LogP contribution in [0, 0.1) is 0 Å². The third-order valence-electron chi connectivity index (χ3n) is 22.1. The largest absolute Gasteiger partial charge is 0.497 e. The van der Waals surface area contributed by atoms with Gasteiger partial charge in [0.25, 0.3) is 0 Å². The summed E-state index contributed by atoms with van der Waals surface area (Å²) in [6.45, 7) is 32.8. The van der Waals surface area contributed by atoms with Crippen LogP contribution in [0.4, 0.5) is 0 Å². The molecule has 0 N–H and O–H groups in total. The molecule has 4 saturated heterocycles. The lowest BCUT2D eigenvalue weighted by atomic mass is 9.49. The first-order valence-electron chi connectivity index (χ1n) is 34.4. The predicted molar refractivity (Wildman–Crippen MR) is 412 cm³/mol. The molecule has 98 heavy (non-hydrogen) atoms. The van der Waals surface area contributed by atoms with Crippen molar-refractivity contribution in [2.45, 2.75) is 156 Å². The van der Waals surface area contributed by atoms with Crippen molar-refractivity contribution in [3.63, 3.8) is 0 Å². The standard InChI is InChI=1S/C36H31BO2.C31H22O.C12H24B2O4.C6H13BO2/c1-35(2)36(3,4)39-37(38-35)28-21-20-25-22-27(19-18-26(25)23-28)34-31-16-10-8-14-29(31)33(24-12-6-5-7-13-24)30-15-9-11-17-32(30)34;1-32-25-18-17-22-19-24(16-15-23(22)20-25)31-28-13-7-5-11-26(28)30(21-9-3-2-4-10-21)27-12-6-8-14-29(27)31;1-9(2)10(3,4)16-13(15-9)14-17-11(5,6)12(7,8)18-14;1-5(2)6(3,4)9-7-8-5/h5-23H,1-4H3;2-20H,1H3;1-8H3;7H,1-4H3. The monoisotopic (exact) mass is 1300 g/mol. The van der Waals surface area contributed by atoms with Gasteiger partial charge in [-0.05, 0) is 250 Å². The number of fused-ring (bicyclic) bond motifs is 6. The van der Waals surface area contributed by atoms with Gasteiger partial charge in [-0.25, -0.2) is 0 Å². The molecule has 0 aliphatic carbocycles. The number of rotatable bonds is 7. The fraction of sp³-hybridized carbons (Fsp3) is 0.294. The summed E-state index contributed by atoms with van der Waals surface area (Å²) in [7, 11) is 0.826. The van der Waals surface area contributed by atoms with Crippen molar-refractivity contribution in [2.24, 2.45) is 0 Å². The van der Waals surface area contributed by atoms with E-state index in [-0.39, 0.29) is 51.9 Å². The van der Waals surface area contributed by atoms with Crippen molar-refractivity contribution < 1.29 is 42.0 Å². The number of hydrogen-bond acceptors (Lipinski definition) is 9. The SMILES string of the molecule is CC1(C)OB(B2OC(C)(C)C(C)(C)O2)OC1(C)C.CC1(C)OB(c2ccc3cc(-c4c5ccccc5c(-c5ccccc5)c5ccccc45)ccc3c2)OC1(C)C.CC1(C)OBOC1(C)C.COc1ccc2cc(-c3c4ccccc4c(-c4ccccc4)c4ccccc34)ccc2c1. The lowest BCUT2D eigenvalue weighted by molar-refractivity contribution is 0.00578. The average Bonchev–Trinajstić information content (AvgIpc) is 1.17. The van der Waals surface area contributed by atoms with Gasteiger partial charge in [0.15, 0.2) is 0 Å². The summed E-state index contributed by atoms with van der Waals surface area (Å²) in [6, 6.07) is 83.0. The second-order valence-corrected chi connectivity index (χ2v) is 30.4. The Morgan fingerprint density at radius 2 is 0.541 bits per heavy atom. The zero-order valence-electron chi connectivity index (χ0n) is 60.1. The van der Waals surface area contributed by atoms with Gasteiger partial charge < -0.3 is 42.0 Å². The molecule has 0 amide bonds. The van der Waals surface area contributed by atoms with Crippen molar-refractivity contribution in [1.82, 2.24) is 0 Å². The lowest BCUT2D eigenvalue weighted by Gasteiger charge is -2.32. The second-order valence-electron chi connectivity index (χ2n) is 30.4. The Balaban J connectivity index is 0.000000131. The Bertz CT molecular complexity index is 4740. The third-order valence-corrected chi connectivity index (χ3v) is 22.1. The Kier molecular flexibility index (Phi) is 18.1. The summed E-state index contributed by atoms with van der Waals surface area (Å²) in [5.74, 6) is 0.883. The second kappa shape index (κ2) is 25.9. The van der Waals surface area contributed by atoms with E-state index in [9.17, 15) is 0 Å². The number of methoxy groups -OCH3 is 1. The van der Waals surface area contributed by atoms with Gasteiger partial charge in [0.2, 0.25) is 0 Å². The van der Waals surface area contributed by atoms with E-state index in [4.69, 9.17) is 42.0 Å². The van der Waals surface area contributed by atoms with Crippen LogP contribution in [-0.4, -0.2) is 80.7 Å². The molecule has 4 heterocycles. The van der Waals surface area contributed by atoms with E-state index in [2.05, 4.69) is 252 Å². The minimum atomic E-state index is -0.476. The lowest BCUT2D eigenvalue weighted by Crippen LogP contribution is -2.41. The van der Waals surface area contributed by atoms with Crippen molar-refractivity contribution in [3.8, 4) is 50.3 Å². The molecule has 0 aromatic heterocycles. The molecule has 4 aliphatic heterocycles. The third kappa shape index (κ3) is 12.8. The van der Waals surface area contributed by atoms with Crippen molar-refractivity contribution in [2.75, 3.05) is 7.11 Å². The van der Waals surface area contributed by atoms with E-state index in [1.165, 1.54) is 109 Å². The van der Waals surface area contributed by atoms with E-state index >= 15 is 0 Å². The first-order valence-corrected chi connectivity index (χ1v) is 34.4. The fourth-order valence-electron chi connectivity index (χ4n) is 13.4. The molecule has 0 saturated carbocycles. The first kappa shape index (κ1) is 68.5. The van der Waals surface area contributed by atoms with Gasteiger partial charge in [-0.15, -0.1) is 0 Å². The fourth-order valence-corrected chi connectivity index (χ4v) is 13.4. The summed E-state index contributed by atoms with van der Waals surface area (Å²) in [5, 5.41) is 15.0. The number of ether oxygens (including phenoxy) is 1. The van der Waals surface area contributed by atoms with Crippen molar-refractivity contribution in [1.29, 1.82) is 0 Å². The van der Waals surface area contributed by atoms with E-state index < -0.39 is 14.0 Å². The van der Waals surface area contributed by atoms with Crippen molar-refractivity contribution >= 4 is 98.9 Å². The van der Waals surface area contributed by atoms with Crippen molar-refractivity contribution in [3.05, 3.63) is 231 Å². The minimum Gasteiger partial charge on any atom is -0.497 e. The molecule has 0 atom stereocenters. The van der Waals surface area contributed by atoms with Crippen LogP contribution in [-0.2, 0) is 37.2 Å². The molecule has 12 aromatic rings. The van der Waals surface area contributed by atoms with Crippen LogP contribution in [0.15, 0.2) is 231 Å². The first-order chi connectivity index (χ1) is 46.5. The highest BCUT2D eigenvalue weighted by molar-refractivity contribution is 7.11. The zero-order chi connectivity index (χ0) is 69.4. The summed E-state index contributed by atoms with van der Waals surface area (Å²) in [4.78, 5) is 0. The summed E-state index contributed by atoms with van der Waals surface area (Å²) in [6.07, 6.45) is 0. The summed E-state index contributed by atoms with van der Waals surface area (Å²) in [5.41, 5.74) is 8.72. The van der Waals surface area contributed by atoms with E-state index in [1.807, 2.05) is 89.2 Å². The van der Waals surface area contributed by atoms with Crippen LogP contribution in [0.1, 0.15) is 111 Å². The van der Waals surface area contributed by atoms with Gasteiger partial charge in [-0.1, -0.05) is 206 Å². The van der Waals surface area contributed by atoms with E-state index in [0.717, 1.165) is 11.2 Å². The maximum absolute atomic E-state index is 6.31. The van der Waals surface area contributed by atoms with Gasteiger partial charge in [0, 0.05) is 0 Å². The predicted octanol–water partition coefficient (Wildman–Crippen LogP) is 20.4. The minimum absolute atomic E-state index is 0.132. The van der Waals surface area contributed by atoms with Gasteiger partial charge >= 0.3 is 28.8 Å². The van der Waals surface area contributed by atoms with E-state index in [1.54, 1.807) is 7.11 Å². The molecule has 0 spiro atoms. The molecule has 0 unspecified atom stereocenters. The van der Waals surface area contributed by atoms with Crippen LogP contribution in [0.2, 0.25) is 0 Å². The normalized spacial score (nSPS) is 18.8. The van der Waals surface area contributed by atoms with Gasteiger partial charge in [0.1, 0.15) is 5.75 Å². The van der Waals surface area contributed by atoms with Crippen LogP contribution in [0.25, 0.3) is 109 Å². The Morgan fingerprint density at radius 3 is 0.857 bits per heavy atom. The molecule has 496 valence electrons. The molecular weight excluding hydrogens is 1210 g/mol.